The van der Waals surface area contributed by atoms with E-state index < -0.39 is 0 Å². The summed E-state index contributed by atoms with van der Waals surface area (Å²) in [6.45, 7) is 0.633. The third-order valence-electron chi connectivity index (χ3n) is 5.78. The molecule has 0 aliphatic carbocycles. The summed E-state index contributed by atoms with van der Waals surface area (Å²) >= 11 is 1.45. The van der Waals surface area contributed by atoms with E-state index in [0.717, 1.165) is 32.7 Å². The molecular formula is C25H19N3O4S. The third-order valence-corrected chi connectivity index (χ3v) is 6.81. The van der Waals surface area contributed by atoms with Crippen molar-refractivity contribution in [2.45, 2.75) is 11.4 Å². The second kappa shape index (κ2) is 7.90. The molecule has 164 valence electrons. The highest BCUT2D eigenvalue weighted by molar-refractivity contribution is 8.00. The monoisotopic (exact) mass is 457 g/mol. The molecule has 8 heteroatoms. The molecule has 2 N–H and O–H groups in total. The maximum absolute atomic E-state index is 12.9. The number of thioether (sulfide) groups is 1. The molecule has 3 heterocycles. The van der Waals surface area contributed by atoms with E-state index in [9.17, 15) is 9.59 Å². The number of carbonyl (C=O) groups excluding carboxylic acids is 2. The van der Waals surface area contributed by atoms with Crippen LogP contribution in [0, 0.1) is 0 Å². The van der Waals surface area contributed by atoms with E-state index in [0.29, 0.717) is 29.4 Å². The zero-order valence-corrected chi connectivity index (χ0v) is 18.3. The first-order valence-electron chi connectivity index (χ1n) is 10.5. The van der Waals surface area contributed by atoms with Crippen molar-refractivity contribution in [2.75, 3.05) is 22.8 Å². The average molecular weight is 458 g/mol. The third kappa shape index (κ3) is 3.58. The van der Waals surface area contributed by atoms with Gasteiger partial charge in [-0.15, -0.1) is 11.8 Å². The molecule has 7 nitrogen and oxygen atoms in total. The average Bonchev–Trinajstić information content (AvgIpc) is 3.47. The Morgan fingerprint density at radius 3 is 2.88 bits per heavy atom. The van der Waals surface area contributed by atoms with Crippen LogP contribution < -0.4 is 19.7 Å². The topological polar surface area (TPSA) is 83.7 Å². The molecule has 2 aliphatic rings. The van der Waals surface area contributed by atoms with Gasteiger partial charge in [-0.25, -0.2) is 0 Å². The Morgan fingerprint density at radius 1 is 1.06 bits per heavy atom. The van der Waals surface area contributed by atoms with Crippen molar-refractivity contribution in [2.24, 2.45) is 0 Å². The molecule has 33 heavy (non-hydrogen) atoms. The van der Waals surface area contributed by atoms with Crippen LogP contribution in [0.5, 0.6) is 11.5 Å². The van der Waals surface area contributed by atoms with Crippen molar-refractivity contribution in [3.05, 3.63) is 78.0 Å². The number of amides is 2. The largest absolute Gasteiger partial charge is 0.454 e. The number of nitrogens with zero attached hydrogens (tertiary/aromatic N) is 1. The zero-order valence-electron chi connectivity index (χ0n) is 17.5. The van der Waals surface area contributed by atoms with Gasteiger partial charge >= 0.3 is 0 Å². The Labute approximate surface area is 193 Å². The summed E-state index contributed by atoms with van der Waals surface area (Å²) in [6, 6.07) is 19.0. The highest BCUT2D eigenvalue weighted by Crippen LogP contribution is 2.38. The van der Waals surface area contributed by atoms with Crippen LogP contribution in [0.3, 0.4) is 0 Å². The molecule has 0 unspecified atom stereocenters. The molecule has 2 aliphatic heterocycles. The van der Waals surface area contributed by atoms with Crippen molar-refractivity contribution >= 4 is 45.9 Å². The molecule has 3 aromatic carbocycles. The molecule has 0 saturated heterocycles. The second-order valence-corrected chi connectivity index (χ2v) is 8.86. The Kier molecular flexibility index (Phi) is 4.73. The van der Waals surface area contributed by atoms with Crippen LogP contribution in [0.15, 0.2) is 71.8 Å². The van der Waals surface area contributed by atoms with E-state index in [1.165, 1.54) is 11.8 Å². The van der Waals surface area contributed by atoms with Gasteiger partial charge in [-0.05, 0) is 42.0 Å². The number of H-pyrrole nitrogens is 1. The summed E-state index contributed by atoms with van der Waals surface area (Å²) in [4.78, 5) is 31.5. The molecule has 1 aromatic heterocycles. The van der Waals surface area contributed by atoms with Gasteiger partial charge in [0.05, 0.1) is 23.7 Å². The SMILES string of the molecule is O=C(Nc1c[nH]c2ccccc12)c1ccc2c(c1)SCC(=O)N2Cc1ccc2c(c1)OCO2. The normalized spacial score (nSPS) is 14.4. The maximum Gasteiger partial charge on any atom is 0.255 e. The summed E-state index contributed by atoms with van der Waals surface area (Å²) in [6.07, 6.45) is 1.79. The molecule has 0 bridgehead atoms. The molecule has 0 atom stereocenters. The number of aromatic nitrogens is 1. The second-order valence-electron chi connectivity index (χ2n) is 7.84. The van der Waals surface area contributed by atoms with Crippen LogP contribution in [-0.4, -0.2) is 29.3 Å². The van der Waals surface area contributed by atoms with Gasteiger partial charge < -0.3 is 24.7 Å². The number of fused-ring (bicyclic) bond motifs is 3. The maximum atomic E-state index is 12.9. The van der Waals surface area contributed by atoms with E-state index in [1.807, 2.05) is 54.6 Å². The lowest BCUT2D eigenvalue weighted by Crippen LogP contribution is -2.34. The number of anilines is 2. The lowest BCUT2D eigenvalue weighted by molar-refractivity contribution is -0.116. The molecule has 0 spiro atoms. The number of nitrogens with one attached hydrogen (secondary N) is 2. The predicted molar refractivity (Wildman–Crippen MR) is 127 cm³/mol. The Balaban J connectivity index is 1.25. The number of para-hydroxylation sites is 1. The van der Waals surface area contributed by atoms with E-state index in [-0.39, 0.29) is 18.6 Å². The Morgan fingerprint density at radius 2 is 1.94 bits per heavy atom. The van der Waals surface area contributed by atoms with E-state index in [1.54, 1.807) is 17.2 Å². The predicted octanol–water partition coefficient (Wildman–Crippen LogP) is 4.79. The molecule has 4 aromatic rings. The summed E-state index contributed by atoms with van der Waals surface area (Å²) in [5, 5.41) is 3.94. The van der Waals surface area contributed by atoms with Gasteiger partial charge in [-0.1, -0.05) is 24.3 Å². The van der Waals surface area contributed by atoms with Crippen molar-refractivity contribution in [3.8, 4) is 11.5 Å². The van der Waals surface area contributed by atoms with Crippen molar-refractivity contribution < 1.29 is 19.1 Å². The number of hydrogen-bond donors (Lipinski definition) is 2. The van der Waals surface area contributed by atoms with Gasteiger partial charge in [-0.2, -0.15) is 0 Å². The lowest BCUT2D eigenvalue weighted by Gasteiger charge is -2.29. The molecule has 0 saturated carbocycles. The fraction of sp³-hybridized carbons (Fsp3) is 0.120. The van der Waals surface area contributed by atoms with Gasteiger partial charge in [0, 0.05) is 27.6 Å². The lowest BCUT2D eigenvalue weighted by atomic mass is 10.1. The molecule has 6 rings (SSSR count). The first-order valence-corrected chi connectivity index (χ1v) is 11.5. The minimum absolute atomic E-state index is 0.0289. The Bertz CT molecular complexity index is 1410. The number of aromatic amines is 1. The quantitative estimate of drug-likeness (QED) is 0.461. The van der Waals surface area contributed by atoms with Crippen LogP contribution in [0.25, 0.3) is 10.9 Å². The smallest absolute Gasteiger partial charge is 0.255 e. The van der Waals surface area contributed by atoms with Gasteiger partial charge in [-0.3, -0.25) is 9.59 Å². The van der Waals surface area contributed by atoms with Crippen molar-refractivity contribution in [1.82, 2.24) is 4.98 Å². The summed E-state index contributed by atoms with van der Waals surface area (Å²) in [5.41, 5.74) is 4.00. The summed E-state index contributed by atoms with van der Waals surface area (Å²) in [7, 11) is 0. The van der Waals surface area contributed by atoms with E-state index in [4.69, 9.17) is 9.47 Å². The molecule has 2 amide bonds. The minimum Gasteiger partial charge on any atom is -0.454 e. The van der Waals surface area contributed by atoms with Crippen molar-refractivity contribution in [1.29, 1.82) is 0 Å². The summed E-state index contributed by atoms with van der Waals surface area (Å²) < 4.78 is 10.8. The highest BCUT2D eigenvalue weighted by Gasteiger charge is 2.26. The summed E-state index contributed by atoms with van der Waals surface area (Å²) in [5.74, 6) is 1.57. The highest BCUT2D eigenvalue weighted by atomic mass is 32.2. The van der Waals surface area contributed by atoms with Crippen LogP contribution in [0.2, 0.25) is 0 Å². The van der Waals surface area contributed by atoms with Crippen LogP contribution in [-0.2, 0) is 11.3 Å². The van der Waals surface area contributed by atoms with Gasteiger partial charge in [0.1, 0.15) is 0 Å². The molecule has 0 fully saturated rings. The van der Waals surface area contributed by atoms with Gasteiger partial charge in [0.2, 0.25) is 12.7 Å². The zero-order chi connectivity index (χ0) is 22.4. The first-order chi connectivity index (χ1) is 16.2. The molecule has 0 radical (unpaired) electrons. The fourth-order valence-electron chi connectivity index (χ4n) is 4.11. The van der Waals surface area contributed by atoms with Crippen LogP contribution in [0.1, 0.15) is 15.9 Å². The Hall–Kier alpha value is -3.91. The van der Waals surface area contributed by atoms with Crippen LogP contribution in [0.4, 0.5) is 11.4 Å². The number of benzene rings is 3. The van der Waals surface area contributed by atoms with Gasteiger partial charge in [0.25, 0.3) is 5.91 Å². The number of ether oxygens (including phenoxy) is 2. The molecular weight excluding hydrogens is 438 g/mol. The minimum atomic E-state index is -0.192. The van der Waals surface area contributed by atoms with Crippen LogP contribution >= 0.6 is 11.8 Å². The van der Waals surface area contributed by atoms with E-state index in [2.05, 4.69) is 10.3 Å². The first kappa shape index (κ1) is 19.8. The fourth-order valence-corrected chi connectivity index (χ4v) is 5.08. The van der Waals surface area contributed by atoms with Gasteiger partial charge in [0.15, 0.2) is 11.5 Å². The van der Waals surface area contributed by atoms with E-state index >= 15 is 0 Å². The number of carbonyl (C=O) groups is 2. The standard InChI is InChI=1S/C25H19N3O4S/c29-24-13-33-23-10-16(25(30)27-19-11-26-18-4-2-1-3-17(18)19)6-7-20(23)28(24)12-15-5-8-21-22(9-15)32-14-31-21/h1-11,26H,12-14H2,(H,27,30). The number of hydrogen-bond acceptors (Lipinski definition) is 5. The van der Waals surface area contributed by atoms with Crippen molar-refractivity contribution in [3.63, 3.8) is 0 Å². The number of rotatable bonds is 4.